The number of hydrogen-bond donors (Lipinski definition) is 2. The van der Waals surface area contributed by atoms with Crippen LogP contribution in [-0.4, -0.2) is 23.2 Å². The second-order valence-electron chi connectivity index (χ2n) is 2.54. The van der Waals surface area contributed by atoms with Gasteiger partial charge in [-0.2, -0.15) is 0 Å². The summed E-state index contributed by atoms with van der Waals surface area (Å²) in [5.74, 6) is 1.60. The topological polar surface area (TPSA) is 49.3 Å². The van der Waals surface area contributed by atoms with Crippen LogP contribution in [0.5, 0.6) is 0 Å². The molecule has 0 aliphatic carbocycles. The highest BCUT2D eigenvalue weighted by molar-refractivity contribution is 5.72. The van der Waals surface area contributed by atoms with Crippen molar-refractivity contribution in [1.82, 2.24) is 5.32 Å². The third kappa shape index (κ3) is 4.40. The van der Waals surface area contributed by atoms with Gasteiger partial charge in [0, 0.05) is 12.5 Å². The fraction of sp³-hybridized carbons (Fsp3) is 0.625. The minimum absolute atomic E-state index is 0.0612. The van der Waals surface area contributed by atoms with Crippen molar-refractivity contribution in [3.8, 4) is 12.3 Å². The maximum Gasteiger partial charge on any atom is 0.320 e. The molecular formula is C8H13NO2. The van der Waals surface area contributed by atoms with Crippen LogP contribution < -0.4 is 5.32 Å². The monoisotopic (exact) mass is 155 g/mol. The van der Waals surface area contributed by atoms with E-state index in [4.69, 9.17) is 11.5 Å². The molecule has 0 bridgehead atoms. The first-order chi connectivity index (χ1) is 5.07. The van der Waals surface area contributed by atoms with Gasteiger partial charge >= 0.3 is 5.97 Å². The molecule has 2 N–H and O–H groups in total. The standard InChI is InChI=1S/C8H13NO2/c1-4-5-6(2)9-7(3)8(10)11/h1,6-7,9H,5H2,2-3H3,(H,10,11). The molecule has 0 amide bonds. The van der Waals surface area contributed by atoms with Gasteiger partial charge in [-0.3, -0.25) is 4.79 Å². The highest BCUT2D eigenvalue weighted by Gasteiger charge is 2.12. The highest BCUT2D eigenvalue weighted by Crippen LogP contribution is 1.91. The van der Waals surface area contributed by atoms with Crippen LogP contribution in [0.3, 0.4) is 0 Å². The summed E-state index contributed by atoms with van der Waals surface area (Å²) in [4.78, 5) is 10.3. The minimum atomic E-state index is -0.853. The molecule has 0 radical (unpaired) electrons. The molecule has 3 heteroatoms. The first kappa shape index (κ1) is 9.99. The first-order valence-electron chi connectivity index (χ1n) is 3.50. The molecule has 2 atom stereocenters. The van der Waals surface area contributed by atoms with E-state index in [1.165, 1.54) is 0 Å². The fourth-order valence-electron chi connectivity index (χ4n) is 0.734. The van der Waals surface area contributed by atoms with Gasteiger partial charge in [0.05, 0.1) is 0 Å². The van der Waals surface area contributed by atoms with Crippen molar-refractivity contribution in [2.24, 2.45) is 0 Å². The zero-order chi connectivity index (χ0) is 8.85. The first-order valence-corrected chi connectivity index (χ1v) is 3.50. The number of aliphatic carboxylic acids is 1. The van der Waals surface area contributed by atoms with E-state index in [0.717, 1.165) is 0 Å². The molecule has 0 aliphatic heterocycles. The molecule has 0 aliphatic rings. The number of hydrogen-bond acceptors (Lipinski definition) is 2. The summed E-state index contributed by atoms with van der Waals surface area (Å²) in [7, 11) is 0. The Kier molecular flexibility index (Phi) is 4.32. The molecule has 0 heterocycles. The summed E-state index contributed by atoms with van der Waals surface area (Å²) in [6, 6.07) is -0.468. The second-order valence-corrected chi connectivity index (χ2v) is 2.54. The van der Waals surface area contributed by atoms with E-state index in [9.17, 15) is 4.79 Å². The smallest absolute Gasteiger partial charge is 0.320 e. The molecular weight excluding hydrogens is 142 g/mol. The van der Waals surface area contributed by atoms with Gasteiger partial charge in [0.15, 0.2) is 0 Å². The van der Waals surface area contributed by atoms with E-state index in [-0.39, 0.29) is 6.04 Å². The van der Waals surface area contributed by atoms with Crippen molar-refractivity contribution >= 4 is 5.97 Å². The van der Waals surface area contributed by atoms with Gasteiger partial charge < -0.3 is 10.4 Å². The number of carbonyl (C=O) groups is 1. The van der Waals surface area contributed by atoms with E-state index in [0.29, 0.717) is 6.42 Å². The highest BCUT2D eigenvalue weighted by atomic mass is 16.4. The molecule has 0 aromatic carbocycles. The maximum absolute atomic E-state index is 10.3. The Morgan fingerprint density at radius 3 is 2.64 bits per heavy atom. The number of terminal acetylenes is 1. The molecule has 62 valence electrons. The largest absolute Gasteiger partial charge is 0.480 e. The van der Waals surface area contributed by atoms with Gasteiger partial charge in [0.25, 0.3) is 0 Å². The molecule has 3 nitrogen and oxygen atoms in total. The molecule has 0 spiro atoms. The van der Waals surface area contributed by atoms with Crippen molar-refractivity contribution < 1.29 is 9.90 Å². The normalized spacial score (nSPS) is 15.0. The third-order valence-electron chi connectivity index (χ3n) is 1.33. The Morgan fingerprint density at radius 2 is 2.27 bits per heavy atom. The van der Waals surface area contributed by atoms with Crippen molar-refractivity contribution in [3.05, 3.63) is 0 Å². The Labute approximate surface area is 66.8 Å². The van der Waals surface area contributed by atoms with E-state index in [1.54, 1.807) is 6.92 Å². The average molecular weight is 155 g/mol. The summed E-state index contributed by atoms with van der Waals surface area (Å²) in [6.07, 6.45) is 5.60. The SMILES string of the molecule is C#CCC(C)NC(C)C(=O)O. The lowest BCUT2D eigenvalue weighted by molar-refractivity contribution is -0.139. The Balaban J connectivity index is 3.67. The fourth-order valence-corrected chi connectivity index (χ4v) is 0.734. The summed E-state index contributed by atoms with van der Waals surface area (Å²) >= 11 is 0. The van der Waals surface area contributed by atoms with Crippen LogP contribution in [0.2, 0.25) is 0 Å². The molecule has 0 saturated carbocycles. The Hall–Kier alpha value is -1.01. The second kappa shape index (κ2) is 4.75. The number of rotatable bonds is 4. The van der Waals surface area contributed by atoms with Crippen LogP contribution in [-0.2, 0) is 4.79 Å². The molecule has 0 aromatic rings. The lowest BCUT2D eigenvalue weighted by Crippen LogP contribution is -2.39. The van der Waals surface area contributed by atoms with Crippen LogP contribution in [0.15, 0.2) is 0 Å². The zero-order valence-electron chi connectivity index (χ0n) is 6.79. The van der Waals surface area contributed by atoms with Gasteiger partial charge in [-0.05, 0) is 13.8 Å². The summed E-state index contributed by atoms with van der Waals surface area (Å²) < 4.78 is 0. The molecule has 11 heavy (non-hydrogen) atoms. The van der Waals surface area contributed by atoms with Crippen LogP contribution in [0.1, 0.15) is 20.3 Å². The van der Waals surface area contributed by atoms with Gasteiger partial charge in [-0.1, -0.05) is 0 Å². The Bertz CT molecular complexity index is 171. The zero-order valence-corrected chi connectivity index (χ0v) is 6.79. The number of carboxylic acid groups (broad SMARTS) is 1. The van der Waals surface area contributed by atoms with Crippen molar-refractivity contribution in [3.63, 3.8) is 0 Å². The quantitative estimate of drug-likeness (QED) is 0.580. The molecule has 0 rings (SSSR count). The molecule has 0 aromatic heterocycles. The summed E-state index contributed by atoms with van der Waals surface area (Å²) in [6.45, 7) is 3.45. The summed E-state index contributed by atoms with van der Waals surface area (Å²) in [5.41, 5.74) is 0. The molecule has 0 saturated heterocycles. The lowest BCUT2D eigenvalue weighted by atomic mass is 10.2. The van der Waals surface area contributed by atoms with Crippen molar-refractivity contribution in [2.45, 2.75) is 32.4 Å². The minimum Gasteiger partial charge on any atom is -0.480 e. The summed E-state index contributed by atoms with van der Waals surface area (Å²) in [5, 5.41) is 11.3. The number of nitrogens with one attached hydrogen (secondary N) is 1. The predicted molar refractivity (Wildman–Crippen MR) is 43.1 cm³/mol. The van der Waals surface area contributed by atoms with E-state index < -0.39 is 12.0 Å². The molecule has 0 fully saturated rings. The van der Waals surface area contributed by atoms with E-state index in [1.807, 2.05) is 6.92 Å². The van der Waals surface area contributed by atoms with Gasteiger partial charge in [0.2, 0.25) is 0 Å². The maximum atomic E-state index is 10.3. The van der Waals surface area contributed by atoms with Gasteiger partial charge in [0.1, 0.15) is 6.04 Å². The van der Waals surface area contributed by atoms with Crippen LogP contribution in [0.4, 0.5) is 0 Å². The third-order valence-corrected chi connectivity index (χ3v) is 1.33. The Morgan fingerprint density at radius 1 is 1.73 bits per heavy atom. The predicted octanol–water partition coefficient (Wildman–Crippen LogP) is 0.461. The van der Waals surface area contributed by atoms with Crippen LogP contribution in [0.25, 0.3) is 0 Å². The van der Waals surface area contributed by atoms with E-state index in [2.05, 4.69) is 11.2 Å². The van der Waals surface area contributed by atoms with E-state index >= 15 is 0 Å². The van der Waals surface area contributed by atoms with Gasteiger partial charge in [-0.15, -0.1) is 12.3 Å². The van der Waals surface area contributed by atoms with Gasteiger partial charge in [-0.25, -0.2) is 0 Å². The average Bonchev–Trinajstić information content (AvgIpc) is 1.87. The van der Waals surface area contributed by atoms with Crippen molar-refractivity contribution in [1.29, 1.82) is 0 Å². The van der Waals surface area contributed by atoms with Crippen LogP contribution >= 0.6 is 0 Å². The number of carboxylic acids is 1. The molecule has 2 unspecified atom stereocenters. The van der Waals surface area contributed by atoms with Crippen LogP contribution in [0, 0.1) is 12.3 Å². The lowest BCUT2D eigenvalue weighted by Gasteiger charge is -2.13. The van der Waals surface area contributed by atoms with Crippen molar-refractivity contribution in [2.75, 3.05) is 0 Å².